The van der Waals surface area contributed by atoms with Crippen LogP contribution in [-0.4, -0.2) is 84.9 Å². The highest BCUT2D eigenvalue weighted by molar-refractivity contribution is 5.93. The Morgan fingerprint density at radius 1 is 1.03 bits per heavy atom. The molecule has 6 fully saturated rings. The van der Waals surface area contributed by atoms with Gasteiger partial charge in [0.25, 0.3) is 11.5 Å². The number of aromatic nitrogens is 1. The normalized spacial score (nSPS) is 36.0. The summed E-state index contributed by atoms with van der Waals surface area (Å²) in [5.41, 5.74) is 1.17. The van der Waals surface area contributed by atoms with E-state index in [0.717, 1.165) is 56.2 Å². The van der Waals surface area contributed by atoms with E-state index in [1.165, 1.54) is 38.5 Å². The molecule has 2 saturated heterocycles. The third kappa shape index (κ3) is 4.57. The van der Waals surface area contributed by atoms with E-state index in [4.69, 9.17) is 9.47 Å². The maximum atomic E-state index is 12.6. The van der Waals surface area contributed by atoms with Crippen molar-refractivity contribution in [3.8, 4) is 0 Å². The number of amides is 1. The Kier molecular flexibility index (Phi) is 6.26. The van der Waals surface area contributed by atoms with Crippen LogP contribution < -0.4 is 10.9 Å². The van der Waals surface area contributed by atoms with Crippen LogP contribution in [0.1, 0.15) is 54.6 Å². The largest absolute Gasteiger partial charge is 0.376 e. The molecule has 4 bridgehead atoms. The number of ether oxygens (including phenoxy) is 2. The highest BCUT2D eigenvalue weighted by Crippen LogP contribution is 2.57. The predicted octanol–water partition coefficient (Wildman–Crippen LogP) is 1.61. The minimum atomic E-state index is -0.369. The van der Waals surface area contributed by atoms with E-state index < -0.39 is 0 Å². The van der Waals surface area contributed by atoms with Crippen molar-refractivity contribution in [1.29, 1.82) is 0 Å². The first-order chi connectivity index (χ1) is 16.6. The fourth-order valence-electron chi connectivity index (χ4n) is 7.82. The van der Waals surface area contributed by atoms with Gasteiger partial charge in [-0.2, -0.15) is 0 Å². The summed E-state index contributed by atoms with van der Waals surface area (Å²) in [5, 5.41) is 2.79. The number of carbonyl (C=O) groups is 1. The van der Waals surface area contributed by atoms with Gasteiger partial charge in [-0.1, -0.05) is 0 Å². The van der Waals surface area contributed by atoms with E-state index >= 15 is 0 Å². The summed E-state index contributed by atoms with van der Waals surface area (Å²) in [6.45, 7) is 6.98. The van der Waals surface area contributed by atoms with Crippen LogP contribution in [0.4, 0.5) is 0 Å². The van der Waals surface area contributed by atoms with Crippen molar-refractivity contribution in [2.75, 3.05) is 52.5 Å². The van der Waals surface area contributed by atoms with Crippen molar-refractivity contribution in [3.63, 3.8) is 0 Å². The summed E-state index contributed by atoms with van der Waals surface area (Å²) < 4.78 is 10.9. The number of pyridine rings is 1. The molecule has 2 aliphatic heterocycles. The highest BCUT2D eigenvalue weighted by Gasteiger charge is 2.53. The van der Waals surface area contributed by atoms with Gasteiger partial charge in [-0.05, 0) is 68.4 Å². The molecule has 0 spiro atoms. The molecule has 4 aliphatic carbocycles. The summed E-state index contributed by atoms with van der Waals surface area (Å²) >= 11 is 0. The number of aromatic amines is 1. The lowest BCUT2D eigenvalue weighted by Gasteiger charge is -2.61. The molecule has 7 rings (SSSR count). The molecular weight excluding hydrogens is 432 g/mol. The molecule has 1 amide bonds. The first-order valence-electron chi connectivity index (χ1n) is 13.2. The van der Waals surface area contributed by atoms with Gasteiger partial charge < -0.3 is 19.8 Å². The van der Waals surface area contributed by atoms with Gasteiger partial charge in [-0.25, -0.2) is 0 Å². The number of hydrogen-bond donors (Lipinski definition) is 2. The number of piperazine rings is 1. The second kappa shape index (κ2) is 9.37. The second-order valence-electron chi connectivity index (χ2n) is 11.4. The molecule has 3 heterocycles. The van der Waals surface area contributed by atoms with Crippen LogP contribution in [0.2, 0.25) is 0 Å². The summed E-state index contributed by atoms with van der Waals surface area (Å²) in [6.07, 6.45) is 8.59. The average molecular weight is 471 g/mol. The van der Waals surface area contributed by atoms with Gasteiger partial charge in [0, 0.05) is 50.5 Å². The molecule has 1 aromatic rings. The van der Waals surface area contributed by atoms with Crippen molar-refractivity contribution in [3.05, 3.63) is 33.7 Å². The fraction of sp³-hybridized carbons (Fsp3) is 0.769. The Hall–Kier alpha value is -1.74. The van der Waals surface area contributed by atoms with Crippen LogP contribution >= 0.6 is 0 Å². The van der Waals surface area contributed by atoms with Gasteiger partial charge in [0.05, 0.1) is 25.9 Å². The van der Waals surface area contributed by atoms with Gasteiger partial charge >= 0.3 is 0 Å². The van der Waals surface area contributed by atoms with Gasteiger partial charge in [0.2, 0.25) is 0 Å². The molecule has 1 atom stereocenters. The molecule has 8 heteroatoms. The van der Waals surface area contributed by atoms with E-state index in [1.54, 1.807) is 6.07 Å². The number of nitrogens with zero attached hydrogens (tertiary/aromatic N) is 2. The molecule has 1 aromatic heterocycles. The average Bonchev–Trinajstić information content (AvgIpc) is 2.83. The van der Waals surface area contributed by atoms with E-state index in [2.05, 4.69) is 20.1 Å². The monoisotopic (exact) mass is 470 g/mol. The second-order valence-corrected chi connectivity index (χ2v) is 11.4. The van der Waals surface area contributed by atoms with E-state index in [9.17, 15) is 9.59 Å². The molecule has 6 aliphatic rings. The Bertz CT molecular complexity index is 913. The number of carbonyl (C=O) groups excluding carboxylic acids is 1. The van der Waals surface area contributed by atoms with Crippen molar-refractivity contribution < 1.29 is 14.3 Å². The maximum absolute atomic E-state index is 12.6. The molecule has 1 unspecified atom stereocenters. The third-order valence-corrected chi connectivity index (χ3v) is 9.03. The van der Waals surface area contributed by atoms with Crippen molar-refractivity contribution in [2.24, 2.45) is 17.8 Å². The Morgan fingerprint density at radius 3 is 2.35 bits per heavy atom. The lowest BCUT2D eigenvalue weighted by Crippen LogP contribution is -2.63. The zero-order valence-corrected chi connectivity index (χ0v) is 20.1. The summed E-state index contributed by atoms with van der Waals surface area (Å²) in [7, 11) is 0. The molecule has 186 valence electrons. The van der Waals surface area contributed by atoms with Crippen molar-refractivity contribution in [1.82, 2.24) is 20.1 Å². The molecule has 8 nitrogen and oxygen atoms in total. The standard InChI is InChI=1S/C26H38N4O4/c31-24(27-15-22-17-33-7-8-34-22)23-2-1-21(28-25(23)32)16-29-3-5-30(6-4-29)26-12-18-9-19(13-26)11-20(10-18)14-26/h1-2,18-20,22H,3-17H2,(H,27,31)(H,28,32). The van der Waals surface area contributed by atoms with E-state index in [0.29, 0.717) is 31.9 Å². The Balaban J connectivity index is 1.01. The van der Waals surface area contributed by atoms with E-state index in [1.807, 2.05) is 6.07 Å². The Morgan fingerprint density at radius 2 is 1.74 bits per heavy atom. The zero-order chi connectivity index (χ0) is 23.1. The fourth-order valence-corrected chi connectivity index (χ4v) is 7.82. The van der Waals surface area contributed by atoms with Crippen molar-refractivity contribution >= 4 is 5.91 Å². The molecule has 4 saturated carbocycles. The third-order valence-electron chi connectivity index (χ3n) is 9.03. The van der Waals surface area contributed by atoms with Crippen LogP contribution in [0.3, 0.4) is 0 Å². The molecule has 2 N–H and O–H groups in total. The summed E-state index contributed by atoms with van der Waals surface area (Å²) in [4.78, 5) is 33.2. The lowest BCUT2D eigenvalue weighted by molar-refractivity contribution is -0.102. The van der Waals surface area contributed by atoms with Crippen LogP contribution in [0.5, 0.6) is 0 Å². The minimum absolute atomic E-state index is 0.145. The predicted molar refractivity (Wildman–Crippen MR) is 128 cm³/mol. The molecule has 0 radical (unpaired) electrons. The molecular formula is C26H38N4O4. The minimum Gasteiger partial charge on any atom is -0.376 e. The van der Waals surface area contributed by atoms with Crippen molar-refractivity contribution in [2.45, 2.75) is 56.7 Å². The van der Waals surface area contributed by atoms with Gasteiger partial charge in [0.1, 0.15) is 5.56 Å². The highest BCUT2D eigenvalue weighted by atomic mass is 16.6. The Labute approximate surface area is 201 Å². The van der Waals surface area contributed by atoms with Crippen LogP contribution in [-0.2, 0) is 16.0 Å². The van der Waals surface area contributed by atoms with Gasteiger partial charge in [0.15, 0.2) is 0 Å². The SMILES string of the molecule is O=C(NCC1COCCO1)c1ccc(CN2CCN(C34CC5CC(CC(C5)C3)C4)CC2)[nH]c1=O. The number of H-pyrrole nitrogens is 1. The van der Waals surface area contributed by atoms with Gasteiger partial charge in [-0.15, -0.1) is 0 Å². The van der Waals surface area contributed by atoms with Crippen LogP contribution in [0.25, 0.3) is 0 Å². The first kappa shape index (κ1) is 22.7. The lowest BCUT2D eigenvalue weighted by atomic mass is 9.52. The van der Waals surface area contributed by atoms with Crippen LogP contribution in [0, 0.1) is 17.8 Å². The van der Waals surface area contributed by atoms with Gasteiger partial charge in [-0.3, -0.25) is 19.4 Å². The zero-order valence-electron chi connectivity index (χ0n) is 20.1. The van der Waals surface area contributed by atoms with E-state index in [-0.39, 0.29) is 23.1 Å². The number of hydrogen-bond acceptors (Lipinski definition) is 6. The van der Waals surface area contributed by atoms with Crippen LogP contribution in [0.15, 0.2) is 16.9 Å². The topological polar surface area (TPSA) is 86.9 Å². The molecule has 34 heavy (non-hydrogen) atoms. The number of rotatable bonds is 6. The quantitative estimate of drug-likeness (QED) is 0.657. The first-order valence-corrected chi connectivity index (χ1v) is 13.2. The molecule has 0 aromatic carbocycles. The summed E-state index contributed by atoms with van der Waals surface area (Å²) in [6, 6.07) is 3.52. The number of nitrogens with one attached hydrogen (secondary N) is 2. The summed E-state index contributed by atoms with van der Waals surface area (Å²) in [5.74, 6) is 2.57. The maximum Gasteiger partial charge on any atom is 0.261 e. The smallest absolute Gasteiger partial charge is 0.261 e.